The summed E-state index contributed by atoms with van der Waals surface area (Å²) in [5, 5.41) is 0. The molecule has 0 fully saturated rings. The van der Waals surface area contributed by atoms with Gasteiger partial charge in [-0.05, 0) is 34.1 Å². The van der Waals surface area contributed by atoms with Crippen LogP contribution in [0.2, 0.25) is 0 Å². The highest BCUT2D eigenvalue weighted by Gasteiger charge is 2.15. The molecule has 0 bridgehead atoms. The number of ether oxygens (including phenoxy) is 4. The fraction of sp³-hybridized carbons (Fsp3) is 0.933. The minimum absolute atomic E-state index is 0.0598. The average molecular weight is 308 g/mol. The van der Waals surface area contributed by atoms with E-state index in [4.69, 9.17) is 18.9 Å². The standard InChI is InChI=1S/C15H29FO5/c1-6-7-18-11(2)8-19-12(3)9-20-13(4)10-21-14(5)15(16)17/h11-14H,6-10H2,1-5H3. The summed E-state index contributed by atoms with van der Waals surface area (Å²) >= 11 is 0. The number of rotatable bonds is 13. The fourth-order valence-electron chi connectivity index (χ4n) is 1.41. The highest BCUT2D eigenvalue weighted by molar-refractivity contribution is 5.72. The topological polar surface area (TPSA) is 54.0 Å². The third-order valence-corrected chi connectivity index (χ3v) is 2.74. The van der Waals surface area contributed by atoms with Gasteiger partial charge in [0.2, 0.25) is 0 Å². The first-order valence-electron chi connectivity index (χ1n) is 7.52. The predicted molar refractivity (Wildman–Crippen MR) is 78.1 cm³/mol. The van der Waals surface area contributed by atoms with Gasteiger partial charge in [-0.15, -0.1) is 0 Å². The molecule has 0 saturated carbocycles. The molecule has 0 N–H and O–H groups in total. The third kappa shape index (κ3) is 11.7. The van der Waals surface area contributed by atoms with E-state index in [0.29, 0.717) is 13.2 Å². The molecule has 6 heteroatoms. The van der Waals surface area contributed by atoms with Gasteiger partial charge in [0, 0.05) is 6.61 Å². The average Bonchev–Trinajstić information content (AvgIpc) is 2.45. The molecule has 0 rings (SSSR count). The Balaban J connectivity index is 3.67. The lowest BCUT2D eigenvalue weighted by molar-refractivity contribution is -0.144. The first-order valence-corrected chi connectivity index (χ1v) is 7.52. The third-order valence-electron chi connectivity index (χ3n) is 2.74. The molecular weight excluding hydrogens is 279 g/mol. The van der Waals surface area contributed by atoms with Crippen molar-refractivity contribution in [3.63, 3.8) is 0 Å². The smallest absolute Gasteiger partial charge is 0.329 e. The Bertz CT molecular complexity index is 275. The van der Waals surface area contributed by atoms with Crippen LogP contribution in [0.25, 0.3) is 0 Å². The van der Waals surface area contributed by atoms with Crippen molar-refractivity contribution in [2.75, 3.05) is 26.4 Å². The molecule has 4 atom stereocenters. The Morgan fingerprint density at radius 3 is 1.71 bits per heavy atom. The lowest BCUT2D eigenvalue weighted by atomic mass is 10.3. The summed E-state index contributed by atoms with van der Waals surface area (Å²) in [5.74, 6) is 0. The maximum atomic E-state index is 12.3. The van der Waals surface area contributed by atoms with Gasteiger partial charge in [-0.1, -0.05) is 6.92 Å². The number of halogens is 1. The predicted octanol–water partition coefficient (Wildman–Crippen LogP) is 2.51. The van der Waals surface area contributed by atoms with Crippen molar-refractivity contribution in [3.05, 3.63) is 0 Å². The van der Waals surface area contributed by atoms with Crippen LogP contribution >= 0.6 is 0 Å². The Labute approximate surface area is 127 Å². The van der Waals surface area contributed by atoms with Crippen LogP contribution in [0.4, 0.5) is 4.39 Å². The molecule has 0 aromatic carbocycles. The lowest BCUT2D eigenvalue weighted by Gasteiger charge is -2.20. The number of carbonyl (C=O) groups excluding carboxylic acids is 1. The molecule has 0 spiro atoms. The SMILES string of the molecule is CCCOC(C)COC(C)COC(C)COC(C)C(=O)F. The summed E-state index contributed by atoms with van der Waals surface area (Å²) < 4.78 is 34.0. The Morgan fingerprint density at radius 2 is 1.29 bits per heavy atom. The highest BCUT2D eigenvalue weighted by atomic mass is 19.1. The maximum absolute atomic E-state index is 12.3. The van der Waals surface area contributed by atoms with Gasteiger partial charge in [-0.3, -0.25) is 4.79 Å². The van der Waals surface area contributed by atoms with Gasteiger partial charge < -0.3 is 18.9 Å². The van der Waals surface area contributed by atoms with Crippen LogP contribution in [0.1, 0.15) is 41.0 Å². The molecule has 0 aromatic rings. The van der Waals surface area contributed by atoms with Crippen molar-refractivity contribution in [2.45, 2.75) is 65.5 Å². The minimum atomic E-state index is -1.47. The van der Waals surface area contributed by atoms with Crippen LogP contribution in [0.15, 0.2) is 0 Å². The molecule has 0 aliphatic heterocycles. The van der Waals surface area contributed by atoms with Gasteiger partial charge in [0.1, 0.15) is 6.10 Å². The molecule has 0 heterocycles. The quantitative estimate of drug-likeness (QED) is 0.489. The number of hydrogen-bond acceptors (Lipinski definition) is 5. The second-order valence-electron chi connectivity index (χ2n) is 5.25. The molecule has 0 aromatic heterocycles. The van der Waals surface area contributed by atoms with Crippen molar-refractivity contribution in [1.82, 2.24) is 0 Å². The van der Waals surface area contributed by atoms with Crippen molar-refractivity contribution in [3.8, 4) is 0 Å². The Hall–Kier alpha value is -0.560. The normalized spacial score (nSPS) is 17.2. The number of hydrogen-bond donors (Lipinski definition) is 0. The minimum Gasteiger partial charge on any atom is -0.376 e. The van der Waals surface area contributed by atoms with E-state index in [2.05, 4.69) is 6.92 Å². The highest BCUT2D eigenvalue weighted by Crippen LogP contribution is 2.02. The van der Waals surface area contributed by atoms with Crippen LogP contribution in [0.3, 0.4) is 0 Å². The molecule has 0 amide bonds. The van der Waals surface area contributed by atoms with Gasteiger partial charge >= 0.3 is 6.04 Å². The first-order chi connectivity index (χ1) is 9.86. The van der Waals surface area contributed by atoms with Gasteiger partial charge in [-0.2, -0.15) is 4.39 Å². The van der Waals surface area contributed by atoms with Gasteiger partial charge in [0.05, 0.1) is 38.1 Å². The summed E-state index contributed by atoms with van der Waals surface area (Å²) in [6.45, 7) is 10.9. The van der Waals surface area contributed by atoms with E-state index >= 15 is 0 Å². The zero-order chi connectivity index (χ0) is 16.3. The van der Waals surface area contributed by atoms with Crippen molar-refractivity contribution >= 4 is 6.04 Å². The van der Waals surface area contributed by atoms with E-state index < -0.39 is 12.1 Å². The van der Waals surface area contributed by atoms with Crippen LogP contribution in [-0.4, -0.2) is 56.9 Å². The molecule has 21 heavy (non-hydrogen) atoms. The van der Waals surface area contributed by atoms with E-state index in [1.54, 1.807) is 6.92 Å². The van der Waals surface area contributed by atoms with Gasteiger partial charge in [-0.25, -0.2) is 0 Å². The van der Waals surface area contributed by atoms with Crippen molar-refractivity contribution in [2.24, 2.45) is 0 Å². The van der Waals surface area contributed by atoms with E-state index in [1.165, 1.54) is 6.92 Å². The molecule has 5 nitrogen and oxygen atoms in total. The Kier molecular flexibility index (Phi) is 11.7. The number of carbonyl (C=O) groups is 1. The lowest BCUT2D eigenvalue weighted by Crippen LogP contribution is -2.28. The molecular formula is C15H29FO5. The van der Waals surface area contributed by atoms with Crippen LogP contribution in [0, 0.1) is 0 Å². The zero-order valence-electron chi connectivity index (χ0n) is 13.8. The summed E-state index contributed by atoms with van der Waals surface area (Å²) in [7, 11) is 0. The fourth-order valence-corrected chi connectivity index (χ4v) is 1.41. The molecule has 4 unspecified atom stereocenters. The second kappa shape index (κ2) is 12.0. The van der Waals surface area contributed by atoms with Gasteiger partial charge in [0.15, 0.2) is 0 Å². The van der Waals surface area contributed by atoms with E-state index in [1.807, 2.05) is 13.8 Å². The second-order valence-corrected chi connectivity index (χ2v) is 5.25. The van der Waals surface area contributed by atoms with Crippen molar-refractivity contribution in [1.29, 1.82) is 0 Å². The zero-order valence-corrected chi connectivity index (χ0v) is 13.8. The molecule has 126 valence electrons. The first kappa shape index (κ1) is 20.4. The summed E-state index contributed by atoms with van der Waals surface area (Å²) in [6.07, 6.45) is -0.293. The van der Waals surface area contributed by atoms with Gasteiger partial charge in [0.25, 0.3) is 0 Å². The van der Waals surface area contributed by atoms with E-state index in [0.717, 1.165) is 13.0 Å². The van der Waals surface area contributed by atoms with Crippen LogP contribution in [0.5, 0.6) is 0 Å². The molecule has 0 saturated heterocycles. The largest absolute Gasteiger partial charge is 0.376 e. The molecule has 0 radical (unpaired) electrons. The molecule has 0 aliphatic rings. The Morgan fingerprint density at radius 1 is 0.857 bits per heavy atom. The van der Waals surface area contributed by atoms with Crippen molar-refractivity contribution < 1.29 is 28.1 Å². The van der Waals surface area contributed by atoms with E-state index in [-0.39, 0.29) is 24.9 Å². The monoisotopic (exact) mass is 308 g/mol. The van der Waals surface area contributed by atoms with Crippen LogP contribution < -0.4 is 0 Å². The maximum Gasteiger partial charge on any atom is 0.329 e. The van der Waals surface area contributed by atoms with Crippen LogP contribution in [-0.2, 0) is 23.7 Å². The molecule has 0 aliphatic carbocycles. The summed E-state index contributed by atoms with van der Waals surface area (Å²) in [6, 6.07) is -1.47. The summed E-state index contributed by atoms with van der Waals surface area (Å²) in [5.41, 5.74) is 0. The summed E-state index contributed by atoms with van der Waals surface area (Å²) in [4.78, 5) is 10.4. The van der Waals surface area contributed by atoms with E-state index in [9.17, 15) is 9.18 Å².